The Balaban J connectivity index is 2.53. The molecule has 0 saturated carbocycles. The minimum atomic E-state index is -0.715. The first-order valence-electron chi connectivity index (χ1n) is 6.64. The highest BCUT2D eigenvalue weighted by molar-refractivity contribution is 5.89. The Bertz CT molecular complexity index is 436. The third kappa shape index (κ3) is 5.38. The smallest absolute Gasteiger partial charge is 0.240 e. The Morgan fingerprint density at radius 1 is 1.20 bits per heavy atom. The van der Waals surface area contributed by atoms with Gasteiger partial charge in [0, 0.05) is 0 Å². The van der Waals surface area contributed by atoms with Gasteiger partial charge < -0.3 is 22.5 Å². The third-order valence-electron chi connectivity index (χ3n) is 2.99. The van der Waals surface area contributed by atoms with Crippen LogP contribution in [-0.4, -0.2) is 30.4 Å². The van der Waals surface area contributed by atoms with Gasteiger partial charge in [0.05, 0.1) is 6.04 Å². The molecule has 6 heteroatoms. The first-order chi connectivity index (χ1) is 9.54. The van der Waals surface area contributed by atoms with Crippen molar-refractivity contribution in [1.29, 1.82) is 0 Å². The van der Waals surface area contributed by atoms with E-state index < -0.39 is 18.0 Å². The van der Waals surface area contributed by atoms with Crippen LogP contribution >= 0.6 is 0 Å². The summed E-state index contributed by atoms with van der Waals surface area (Å²) in [6, 6.07) is 8.02. The first kappa shape index (κ1) is 16.1. The fourth-order valence-corrected chi connectivity index (χ4v) is 1.85. The summed E-state index contributed by atoms with van der Waals surface area (Å²) in [6.45, 7) is 0.440. The predicted octanol–water partition coefficient (Wildman–Crippen LogP) is -0.735. The van der Waals surface area contributed by atoms with E-state index in [-0.39, 0.29) is 5.91 Å². The second-order valence-corrected chi connectivity index (χ2v) is 4.69. The van der Waals surface area contributed by atoms with Gasteiger partial charge in [0.2, 0.25) is 11.8 Å². The van der Waals surface area contributed by atoms with Crippen molar-refractivity contribution in [3.8, 4) is 0 Å². The van der Waals surface area contributed by atoms with Crippen molar-refractivity contribution < 1.29 is 9.59 Å². The Morgan fingerprint density at radius 2 is 1.85 bits per heavy atom. The summed E-state index contributed by atoms with van der Waals surface area (Å²) in [5.41, 5.74) is 17.4. The van der Waals surface area contributed by atoms with Crippen molar-refractivity contribution in [2.45, 2.75) is 31.3 Å². The summed E-state index contributed by atoms with van der Waals surface area (Å²) < 4.78 is 0. The van der Waals surface area contributed by atoms with Crippen molar-refractivity contribution in [2.24, 2.45) is 17.2 Å². The number of nitrogens with two attached hydrogens (primary N) is 3. The van der Waals surface area contributed by atoms with Crippen LogP contribution in [-0.2, 0) is 16.0 Å². The molecule has 0 saturated heterocycles. The summed E-state index contributed by atoms with van der Waals surface area (Å²) in [4.78, 5) is 23.2. The van der Waals surface area contributed by atoms with Gasteiger partial charge >= 0.3 is 0 Å². The normalized spacial score (nSPS) is 13.5. The van der Waals surface area contributed by atoms with Crippen LogP contribution in [0.15, 0.2) is 30.3 Å². The number of amides is 2. The number of hydrogen-bond acceptors (Lipinski definition) is 4. The molecule has 0 aliphatic heterocycles. The largest absolute Gasteiger partial charge is 0.368 e. The van der Waals surface area contributed by atoms with Gasteiger partial charge in [0.25, 0.3) is 0 Å². The molecule has 0 aliphatic rings. The van der Waals surface area contributed by atoms with Crippen LogP contribution in [0.5, 0.6) is 0 Å². The number of nitrogens with one attached hydrogen (secondary N) is 1. The summed E-state index contributed by atoms with van der Waals surface area (Å²) in [5, 5.41) is 2.58. The topological polar surface area (TPSA) is 124 Å². The highest BCUT2D eigenvalue weighted by atomic mass is 16.2. The molecule has 6 nitrogen and oxygen atoms in total. The number of carbonyl (C=O) groups is 2. The van der Waals surface area contributed by atoms with E-state index in [0.717, 1.165) is 5.56 Å². The van der Waals surface area contributed by atoms with Crippen LogP contribution in [0.25, 0.3) is 0 Å². The van der Waals surface area contributed by atoms with Crippen molar-refractivity contribution in [2.75, 3.05) is 6.54 Å². The quantitative estimate of drug-likeness (QED) is 0.500. The second kappa shape index (κ2) is 8.29. The van der Waals surface area contributed by atoms with Crippen LogP contribution in [0.4, 0.5) is 0 Å². The lowest BCUT2D eigenvalue weighted by molar-refractivity contribution is -0.128. The molecular weight excluding hydrogens is 256 g/mol. The molecule has 0 radical (unpaired) electrons. The van der Waals surface area contributed by atoms with Gasteiger partial charge in [-0.05, 0) is 31.4 Å². The van der Waals surface area contributed by atoms with Crippen molar-refractivity contribution in [1.82, 2.24) is 5.32 Å². The van der Waals surface area contributed by atoms with Crippen LogP contribution in [0.1, 0.15) is 18.4 Å². The molecule has 7 N–H and O–H groups in total. The monoisotopic (exact) mass is 278 g/mol. The van der Waals surface area contributed by atoms with Gasteiger partial charge in [-0.3, -0.25) is 9.59 Å². The lowest BCUT2D eigenvalue weighted by atomic mass is 10.0. The molecule has 0 fully saturated rings. The molecule has 2 atom stereocenters. The van der Waals surface area contributed by atoms with Crippen molar-refractivity contribution >= 4 is 11.8 Å². The lowest BCUT2D eigenvalue weighted by Crippen LogP contribution is -2.51. The third-order valence-corrected chi connectivity index (χ3v) is 2.99. The Kier molecular flexibility index (Phi) is 6.69. The molecule has 0 aliphatic carbocycles. The standard InChI is InChI=1S/C14H22N4O2/c15-8-4-7-12(13(17)19)18-14(20)11(16)9-10-5-2-1-3-6-10/h1-3,5-6,11-12H,4,7-9,15-16H2,(H2,17,19)(H,18,20)/t11-,12-/m0/s1. The van der Waals surface area contributed by atoms with E-state index in [1.54, 1.807) is 0 Å². The summed E-state index contributed by atoms with van der Waals surface area (Å²) in [6.07, 6.45) is 1.45. The summed E-state index contributed by atoms with van der Waals surface area (Å²) in [5.74, 6) is -0.951. The molecule has 20 heavy (non-hydrogen) atoms. The molecule has 1 aromatic carbocycles. The van der Waals surface area contributed by atoms with E-state index >= 15 is 0 Å². The van der Waals surface area contributed by atoms with Gasteiger partial charge in [-0.15, -0.1) is 0 Å². The van der Waals surface area contributed by atoms with Crippen LogP contribution < -0.4 is 22.5 Å². The second-order valence-electron chi connectivity index (χ2n) is 4.69. The van der Waals surface area contributed by atoms with Crippen molar-refractivity contribution in [3.63, 3.8) is 0 Å². The van der Waals surface area contributed by atoms with Gasteiger partial charge in [0.1, 0.15) is 6.04 Å². The molecule has 2 amide bonds. The van der Waals surface area contributed by atoms with Gasteiger partial charge in [0.15, 0.2) is 0 Å². The van der Waals surface area contributed by atoms with E-state index in [4.69, 9.17) is 17.2 Å². The van der Waals surface area contributed by atoms with Crippen LogP contribution in [0.2, 0.25) is 0 Å². The molecule has 1 aromatic rings. The van der Waals surface area contributed by atoms with E-state index in [1.807, 2.05) is 30.3 Å². The highest BCUT2D eigenvalue weighted by Crippen LogP contribution is 2.03. The highest BCUT2D eigenvalue weighted by Gasteiger charge is 2.21. The maximum Gasteiger partial charge on any atom is 0.240 e. The number of primary amides is 1. The maximum absolute atomic E-state index is 12.0. The zero-order valence-electron chi connectivity index (χ0n) is 11.4. The van der Waals surface area contributed by atoms with Crippen molar-refractivity contribution in [3.05, 3.63) is 35.9 Å². The minimum absolute atomic E-state index is 0.380. The molecule has 1 rings (SSSR count). The van der Waals surface area contributed by atoms with E-state index in [9.17, 15) is 9.59 Å². The zero-order valence-corrected chi connectivity index (χ0v) is 11.4. The number of carbonyl (C=O) groups excluding carboxylic acids is 2. The Labute approximate surface area is 118 Å². The van der Waals surface area contributed by atoms with Gasteiger partial charge in [-0.25, -0.2) is 0 Å². The van der Waals surface area contributed by atoms with Crippen LogP contribution in [0.3, 0.4) is 0 Å². The lowest BCUT2D eigenvalue weighted by Gasteiger charge is -2.18. The average Bonchev–Trinajstić information content (AvgIpc) is 2.43. The van der Waals surface area contributed by atoms with Gasteiger partial charge in [-0.2, -0.15) is 0 Å². The van der Waals surface area contributed by atoms with E-state index in [0.29, 0.717) is 25.8 Å². The first-order valence-corrected chi connectivity index (χ1v) is 6.64. The van der Waals surface area contributed by atoms with E-state index in [2.05, 4.69) is 5.32 Å². The summed E-state index contributed by atoms with van der Waals surface area (Å²) >= 11 is 0. The fraction of sp³-hybridized carbons (Fsp3) is 0.429. The molecule has 0 heterocycles. The Hall–Kier alpha value is -1.92. The molecule has 110 valence electrons. The SMILES string of the molecule is NCCC[C@H](NC(=O)[C@@H](N)Cc1ccccc1)C(N)=O. The molecule has 0 aromatic heterocycles. The number of hydrogen-bond donors (Lipinski definition) is 4. The zero-order chi connectivity index (χ0) is 15.0. The number of rotatable bonds is 8. The predicted molar refractivity (Wildman–Crippen MR) is 77.5 cm³/mol. The van der Waals surface area contributed by atoms with Gasteiger partial charge in [-0.1, -0.05) is 30.3 Å². The van der Waals surface area contributed by atoms with Crippen LogP contribution in [0, 0.1) is 0 Å². The molecule has 0 unspecified atom stereocenters. The minimum Gasteiger partial charge on any atom is -0.368 e. The summed E-state index contributed by atoms with van der Waals surface area (Å²) in [7, 11) is 0. The van der Waals surface area contributed by atoms with E-state index in [1.165, 1.54) is 0 Å². The fourth-order valence-electron chi connectivity index (χ4n) is 1.85. The molecule has 0 bridgehead atoms. The number of benzene rings is 1. The maximum atomic E-state index is 12.0. The molecule has 0 spiro atoms. The molecular formula is C14H22N4O2. The Morgan fingerprint density at radius 3 is 2.40 bits per heavy atom. The average molecular weight is 278 g/mol.